The van der Waals surface area contributed by atoms with Gasteiger partial charge in [0.05, 0.1) is 6.54 Å². The Morgan fingerprint density at radius 2 is 1.93 bits per heavy atom. The van der Waals surface area contributed by atoms with Crippen molar-refractivity contribution in [1.29, 1.82) is 0 Å². The molecule has 2 heterocycles. The molecule has 5 nitrogen and oxygen atoms in total. The molecular weight excluding hydrogens is 190 g/mol. The molecule has 0 aromatic carbocycles. The Kier molecular flexibility index (Phi) is 2.93. The van der Waals surface area contributed by atoms with Crippen molar-refractivity contribution in [2.75, 3.05) is 39.0 Å². The second-order valence-corrected chi connectivity index (χ2v) is 4.27. The van der Waals surface area contributed by atoms with E-state index >= 15 is 0 Å². The maximum absolute atomic E-state index is 5.65. The number of nitrogens with two attached hydrogens (primary N) is 1. The summed E-state index contributed by atoms with van der Waals surface area (Å²) in [7, 11) is 4.16. The summed E-state index contributed by atoms with van der Waals surface area (Å²) in [4.78, 5) is 9.08. The summed E-state index contributed by atoms with van der Waals surface area (Å²) in [5, 5.41) is 0. The molecule has 2 N–H and O–H groups in total. The zero-order valence-corrected chi connectivity index (χ0v) is 9.48. The third-order valence-corrected chi connectivity index (χ3v) is 2.95. The third-order valence-electron chi connectivity index (χ3n) is 2.95. The van der Waals surface area contributed by atoms with E-state index in [0.717, 1.165) is 38.5 Å². The van der Waals surface area contributed by atoms with Gasteiger partial charge in [-0.1, -0.05) is 0 Å². The Morgan fingerprint density at radius 3 is 2.47 bits per heavy atom. The van der Waals surface area contributed by atoms with Crippen LogP contribution in [0.2, 0.25) is 0 Å². The molecule has 1 aromatic rings. The lowest BCUT2D eigenvalue weighted by molar-refractivity contribution is 0.144. The summed E-state index contributed by atoms with van der Waals surface area (Å²) in [5.41, 5.74) is 5.65. The van der Waals surface area contributed by atoms with Gasteiger partial charge in [-0.15, -0.1) is 0 Å². The first-order valence-electron chi connectivity index (χ1n) is 5.34. The molecule has 1 saturated heterocycles. The molecule has 0 atom stereocenters. The van der Waals surface area contributed by atoms with Crippen molar-refractivity contribution in [3.05, 3.63) is 12.0 Å². The largest absolute Gasteiger partial charge is 0.382 e. The van der Waals surface area contributed by atoms with E-state index in [1.807, 2.05) is 17.8 Å². The minimum atomic E-state index is 0.613. The van der Waals surface area contributed by atoms with Crippen LogP contribution in [0.1, 0.15) is 5.82 Å². The van der Waals surface area contributed by atoms with Crippen LogP contribution < -0.4 is 5.73 Å². The van der Waals surface area contributed by atoms with Crippen LogP contribution in [0.5, 0.6) is 0 Å². The maximum Gasteiger partial charge on any atom is 0.141 e. The van der Waals surface area contributed by atoms with Crippen molar-refractivity contribution in [3.8, 4) is 0 Å². The summed E-state index contributed by atoms with van der Waals surface area (Å²) in [6.45, 7) is 5.41. The Balaban J connectivity index is 1.94. The Bertz CT molecular complexity index is 325. The van der Waals surface area contributed by atoms with Gasteiger partial charge in [0.15, 0.2) is 0 Å². The molecular formula is C10H19N5. The van der Waals surface area contributed by atoms with Gasteiger partial charge in [0.25, 0.3) is 0 Å². The molecule has 0 saturated carbocycles. The fourth-order valence-corrected chi connectivity index (χ4v) is 1.88. The van der Waals surface area contributed by atoms with Crippen LogP contribution in [0.15, 0.2) is 6.20 Å². The van der Waals surface area contributed by atoms with Crippen molar-refractivity contribution in [2.45, 2.75) is 6.54 Å². The van der Waals surface area contributed by atoms with Crippen molar-refractivity contribution >= 4 is 5.82 Å². The van der Waals surface area contributed by atoms with E-state index in [1.54, 1.807) is 0 Å². The van der Waals surface area contributed by atoms with E-state index in [2.05, 4.69) is 21.8 Å². The van der Waals surface area contributed by atoms with Gasteiger partial charge in [-0.05, 0) is 7.05 Å². The van der Waals surface area contributed by atoms with Gasteiger partial charge in [0.1, 0.15) is 11.6 Å². The van der Waals surface area contributed by atoms with E-state index in [4.69, 9.17) is 5.73 Å². The maximum atomic E-state index is 5.65. The van der Waals surface area contributed by atoms with Gasteiger partial charge >= 0.3 is 0 Å². The highest BCUT2D eigenvalue weighted by Gasteiger charge is 2.15. The summed E-state index contributed by atoms with van der Waals surface area (Å²) < 4.78 is 2.01. The molecule has 5 heteroatoms. The number of hydrogen-bond donors (Lipinski definition) is 1. The number of piperazine rings is 1. The van der Waals surface area contributed by atoms with Crippen molar-refractivity contribution in [2.24, 2.45) is 7.05 Å². The van der Waals surface area contributed by atoms with Crippen LogP contribution in [-0.2, 0) is 13.6 Å². The predicted molar refractivity (Wildman–Crippen MR) is 60.4 cm³/mol. The lowest BCUT2D eigenvalue weighted by Crippen LogP contribution is -2.44. The average molecular weight is 209 g/mol. The van der Waals surface area contributed by atoms with Crippen LogP contribution in [0.4, 0.5) is 5.82 Å². The molecule has 0 bridgehead atoms. The number of likely N-dealkylation sites (N-methyl/N-ethyl adjacent to an activating group) is 1. The first kappa shape index (κ1) is 10.4. The van der Waals surface area contributed by atoms with Gasteiger partial charge in [-0.3, -0.25) is 4.90 Å². The number of aromatic nitrogens is 2. The minimum Gasteiger partial charge on any atom is -0.382 e. The second kappa shape index (κ2) is 4.20. The van der Waals surface area contributed by atoms with E-state index in [0.29, 0.717) is 5.82 Å². The first-order chi connectivity index (χ1) is 7.15. The fourth-order valence-electron chi connectivity index (χ4n) is 1.88. The molecule has 0 amide bonds. The number of hydrogen-bond acceptors (Lipinski definition) is 4. The van der Waals surface area contributed by atoms with E-state index in [9.17, 15) is 0 Å². The Morgan fingerprint density at radius 1 is 1.27 bits per heavy atom. The SMILES string of the molecule is CN1CCN(Cc2nc(N)cn2C)CC1. The molecule has 84 valence electrons. The van der Waals surface area contributed by atoms with Crippen molar-refractivity contribution in [3.63, 3.8) is 0 Å². The molecule has 0 spiro atoms. The van der Waals surface area contributed by atoms with Crippen LogP contribution in [0.25, 0.3) is 0 Å². The number of rotatable bonds is 2. The molecule has 1 aliphatic heterocycles. The molecule has 0 aliphatic carbocycles. The van der Waals surface area contributed by atoms with Gasteiger partial charge < -0.3 is 15.2 Å². The van der Waals surface area contributed by atoms with Gasteiger partial charge in [0, 0.05) is 39.4 Å². The van der Waals surface area contributed by atoms with Gasteiger partial charge in [-0.2, -0.15) is 0 Å². The van der Waals surface area contributed by atoms with Crippen molar-refractivity contribution < 1.29 is 0 Å². The monoisotopic (exact) mass is 209 g/mol. The Hall–Kier alpha value is -1.07. The average Bonchev–Trinajstić information content (AvgIpc) is 2.49. The zero-order valence-electron chi connectivity index (χ0n) is 9.48. The molecule has 1 fully saturated rings. The molecule has 1 aliphatic rings. The third kappa shape index (κ3) is 2.49. The number of anilines is 1. The summed E-state index contributed by atoms with van der Waals surface area (Å²) in [6.07, 6.45) is 1.87. The topological polar surface area (TPSA) is 50.3 Å². The normalized spacial score (nSPS) is 19.6. The quantitative estimate of drug-likeness (QED) is 0.730. The van der Waals surface area contributed by atoms with Crippen molar-refractivity contribution in [1.82, 2.24) is 19.4 Å². The highest BCUT2D eigenvalue weighted by molar-refractivity contribution is 5.25. The highest BCUT2D eigenvalue weighted by Crippen LogP contribution is 2.08. The van der Waals surface area contributed by atoms with Gasteiger partial charge in [-0.25, -0.2) is 4.98 Å². The fraction of sp³-hybridized carbons (Fsp3) is 0.700. The standard InChI is InChI=1S/C10H19N5/c1-13-3-5-15(6-4-13)8-10-12-9(11)7-14(10)2/h7H,3-6,8,11H2,1-2H3. The van der Waals surface area contributed by atoms with Crippen LogP contribution >= 0.6 is 0 Å². The molecule has 15 heavy (non-hydrogen) atoms. The molecule has 0 unspecified atom stereocenters. The van der Waals surface area contributed by atoms with Gasteiger partial charge in [0.2, 0.25) is 0 Å². The lowest BCUT2D eigenvalue weighted by Gasteiger charge is -2.31. The number of aryl methyl sites for hydroxylation is 1. The number of nitrogen functional groups attached to an aromatic ring is 1. The minimum absolute atomic E-state index is 0.613. The number of imidazole rings is 1. The smallest absolute Gasteiger partial charge is 0.141 e. The zero-order chi connectivity index (χ0) is 10.8. The molecule has 0 radical (unpaired) electrons. The lowest BCUT2D eigenvalue weighted by atomic mass is 10.3. The van der Waals surface area contributed by atoms with Crippen LogP contribution in [0, 0.1) is 0 Å². The molecule has 2 rings (SSSR count). The molecule has 1 aromatic heterocycles. The predicted octanol–water partition coefficient (Wildman–Crippen LogP) is -0.250. The van der Waals surface area contributed by atoms with Crippen LogP contribution in [0.3, 0.4) is 0 Å². The number of nitrogens with zero attached hydrogens (tertiary/aromatic N) is 4. The first-order valence-corrected chi connectivity index (χ1v) is 5.34. The summed E-state index contributed by atoms with van der Waals surface area (Å²) >= 11 is 0. The van der Waals surface area contributed by atoms with E-state index in [-0.39, 0.29) is 0 Å². The second-order valence-electron chi connectivity index (χ2n) is 4.27. The summed E-state index contributed by atoms with van der Waals surface area (Å²) in [6, 6.07) is 0. The Labute approximate surface area is 90.5 Å². The van der Waals surface area contributed by atoms with Crippen LogP contribution in [-0.4, -0.2) is 52.6 Å². The van der Waals surface area contributed by atoms with E-state index in [1.165, 1.54) is 0 Å². The highest BCUT2D eigenvalue weighted by atomic mass is 15.3. The summed E-state index contributed by atoms with van der Waals surface area (Å²) in [5.74, 6) is 1.67. The van der Waals surface area contributed by atoms with E-state index < -0.39 is 0 Å².